The van der Waals surface area contributed by atoms with Crippen LogP contribution in [0.3, 0.4) is 0 Å². The number of fused-ring (bicyclic) bond motifs is 1. The van der Waals surface area contributed by atoms with Crippen LogP contribution in [-0.4, -0.2) is 52.9 Å². The van der Waals surface area contributed by atoms with Crippen molar-refractivity contribution in [3.63, 3.8) is 0 Å². The number of aromatic nitrogens is 2. The van der Waals surface area contributed by atoms with Gasteiger partial charge in [-0.1, -0.05) is 12.1 Å². The Morgan fingerprint density at radius 1 is 1.07 bits per heavy atom. The summed E-state index contributed by atoms with van der Waals surface area (Å²) in [6.45, 7) is 2.97. The maximum Gasteiger partial charge on any atom is 0.264 e. The van der Waals surface area contributed by atoms with Gasteiger partial charge < -0.3 is 20.1 Å². The smallest absolute Gasteiger partial charge is 0.264 e. The van der Waals surface area contributed by atoms with Crippen LogP contribution >= 0.6 is 11.3 Å². The number of carbonyl (C=O) groups is 2. The van der Waals surface area contributed by atoms with Crippen LogP contribution in [0.2, 0.25) is 0 Å². The monoisotopic (exact) mass is 409 g/mol. The van der Waals surface area contributed by atoms with Crippen molar-refractivity contribution in [1.82, 2.24) is 14.9 Å². The average Bonchev–Trinajstić information content (AvgIpc) is 3.41. The Hall–Kier alpha value is -2.87. The zero-order valence-electron chi connectivity index (χ0n) is 16.1. The van der Waals surface area contributed by atoms with Gasteiger partial charge in [0.25, 0.3) is 5.91 Å². The fourth-order valence-corrected chi connectivity index (χ4v) is 4.54. The third-order valence-electron chi connectivity index (χ3n) is 5.47. The van der Waals surface area contributed by atoms with Gasteiger partial charge in [0.05, 0.1) is 20.9 Å². The molecular formula is C21H23N5O2S. The predicted molar refractivity (Wildman–Crippen MR) is 114 cm³/mol. The normalized spacial score (nSPS) is 17.4. The summed E-state index contributed by atoms with van der Waals surface area (Å²) in [6, 6.07) is 11.6. The lowest BCUT2D eigenvalue weighted by atomic mass is 10.3. The second kappa shape index (κ2) is 7.51. The molecule has 5 rings (SSSR count). The van der Waals surface area contributed by atoms with E-state index in [1.165, 1.54) is 11.3 Å². The van der Waals surface area contributed by atoms with Crippen molar-refractivity contribution < 1.29 is 9.59 Å². The molecule has 0 unspecified atom stereocenters. The predicted octanol–water partition coefficient (Wildman–Crippen LogP) is 3.33. The van der Waals surface area contributed by atoms with E-state index in [0.29, 0.717) is 11.4 Å². The first-order chi connectivity index (χ1) is 14.2. The number of benzene rings is 1. The molecule has 2 aliphatic rings. The van der Waals surface area contributed by atoms with Gasteiger partial charge in [-0.3, -0.25) is 9.59 Å². The summed E-state index contributed by atoms with van der Waals surface area (Å²) in [5.41, 5.74) is 1.98. The van der Waals surface area contributed by atoms with Crippen LogP contribution in [0.15, 0.2) is 36.4 Å². The van der Waals surface area contributed by atoms with E-state index >= 15 is 0 Å². The minimum atomic E-state index is 0.0355. The molecular weight excluding hydrogens is 386 g/mol. The first-order valence-corrected chi connectivity index (χ1v) is 10.9. The van der Waals surface area contributed by atoms with Crippen LogP contribution in [0, 0.1) is 5.92 Å². The summed E-state index contributed by atoms with van der Waals surface area (Å²) in [4.78, 5) is 37.7. The highest BCUT2D eigenvalue weighted by molar-refractivity contribution is 7.18. The van der Waals surface area contributed by atoms with Crippen LogP contribution in [0.4, 0.5) is 10.9 Å². The SMILES string of the molecule is O=C(Nc1ccc(C(=O)N2CCCN(c3nc4ccccc4[nH]3)CC2)s1)C1CC1. The van der Waals surface area contributed by atoms with Crippen molar-refractivity contribution in [3.8, 4) is 0 Å². The number of hydrogen-bond donors (Lipinski definition) is 2. The summed E-state index contributed by atoms with van der Waals surface area (Å²) >= 11 is 1.36. The summed E-state index contributed by atoms with van der Waals surface area (Å²) < 4.78 is 0. The molecule has 1 aliphatic heterocycles. The Bertz CT molecular complexity index is 1020. The molecule has 3 aromatic rings. The van der Waals surface area contributed by atoms with Crippen LogP contribution in [0.1, 0.15) is 28.9 Å². The van der Waals surface area contributed by atoms with Crippen LogP contribution in [0.5, 0.6) is 0 Å². The summed E-state index contributed by atoms with van der Waals surface area (Å²) in [5, 5.41) is 3.68. The number of para-hydroxylation sites is 2. The Kier molecular flexibility index (Phi) is 4.71. The summed E-state index contributed by atoms with van der Waals surface area (Å²) in [7, 11) is 0. The Balaban J connectivity index is 1.23. The molecule has 1 aliphatic carbocycles. The largest absolute Gasteiger partial charge is 0.341 e. The number of H-pyrrole nitrogens is 1. The lowest BCUT2D eigenvalue weighted by Crippen LogP contribution is -2.35. The highest BCUT2D eigenvalue weighted by Crippen LogP contribution is 2.32. The van der Waals surface area contributed by atoms with Crippen molar-refractivity contribution in [3.05, 3.63) is 41.3 Å². The van der Waals surface area contributed by atoms with E-state index in [2.05, 4.69) is 20.2 Å². The molecule has 2 amide bonds. The molecule has 1 aromatic carbocycles. The molecule has 0 spiro atoms. The molecule has 1 saturated carbocycles. The van der Waals surface area contributed by atoms with Crippen molar-refractivity contribution in [2.75, 3.05) is 36.4 Å². The van der Waals surface area contributed by atoms with E-state index in [9.17, 15) is 9.59 Å². The standard InChI is InChI=1S/C21H23N5O2S/c27-19(14-6-7-14)24-18-9-8-17(29-18)20(28)25-10-3-11-26(13-12-25)21-22-15-4-1-2-5-16(15)23-21/h1-2,4-5,8-9,14H,3,6-7,10-13H2,(H,22,23)(H,24,27). The third-order valence-corrected chi connectivity index (χ3v) is 6.46. The fraction of sp³-hybridized carbons (Fsp3) is 0.381. The van der Waals surface area contributed by atoms with Gasteiger partial charge in [0.2, 0.25) is 11.9 Å². The molecule has 1 saturated heterocycles. The van der Waals surface area contributed by atoms with E-state index in [1.54, 1.807) is 0 Å². The number of thiophene rings is 1. The Labute approximate surface area is 172 Å². The number of hydrogen-bond acceptors (Lipinski definition) is 5. The summed E-state index contributed by atoms with van der Waals surface area (Å²) in [6.07, 6.45) is 2.83. The lowest BCUT2D eigenvalue weighted by Gasteiger charge is -2.21. The second-order valence-corrected chi connectivity index (χ2v) is 8.72. The first-order valence-electron chi connectivity index (χ1n) is 10.1. The van der Waals surface area contributed by atoms with Crippen molar-refractivity contribution >= 4 is 45.1 Å². The van der Waals surface area contributed by atoms with Gasteiger partial charge in [0.1, 0.15) is 0 Å². The zero-order valence-corrected chi connectivity index (χ0v) is 16.9. The van der Waals surface area contributed by atoms with Crippen molar-refractivity contribution in [2.24, 2.45) is 5.92 Å². The Morgan fingerprint density at radius 2 is 1.93 bits per heavy atom. The molecule has 2 fully saturated rings. The number of aromatic amines is 1. The first kappa shape index (κ1) is 18.2. The van der Waals surface area contributed by atoms with Crippen molar-refractivity contribution in [2.45, 2.75) is 19.3 Å². The number of imidazole rings is 1. The molecule has 0 atom stereocenters. The minimum absolute atomic E-state index is 0.0355. The lowest BCUT2D eigenvalue weighted by molar-refractivity contribution is -0.117. The number of rotatable bonds is 4. The highest BCUT2D eigenvalue weighted by atomic mass is 32.1. The van der Waals surface area contributed by atoms with Gasteiger partial charge in [0.15, 0.2) is 0 Å². The molecule has 2 N–H and O–H groups in total. The number of nitrogens with zero attached hydrogens (tertiary/aromatic N) is 3. The van der Waals surface area contributed by atoms with E-state index in [0.717, 1.165) is 60.9 Å². The number of amides is 2. The quantitative estimate of drug-likeness (QED) is 0.693. The number of anilines is 2. The van der Waals surface area contributed by atoms with E-state index in [4.69, 9.17) is 0 Å². The van der Waals surface area contributed by atoms with E-state index in [1.807, 2.05) is 41.3 Å². The minimum Gasteiger partial charge on any atom is -0.341 e. The fourth-order valence-electron chi connectivity index (χ4n) is 3.67. The second-order valence-electron chi connectivity index (χ2n) is 7.64. The summed E-state index contributed by atoms with van der Waals surface area (Å²) in [5.74, 6) is 1.13. The maximum absolute atomic E-state index is 13.0. The molecule has 3 heterocycles. The molecule has 29 heavy (non-hydrogen) atoms. The molecule has 150 valence electrons. The van der Waals surface area contributed by atoms with Gasteiger partial charge in [-0.05, 0) is 43.5 Å². The number of carbonyl (C=O) groups excluding carboxylic acids is 2. The number of nitrogens with one attached hydrogen (secondary N) is 2. The third kappa shape index (κ3) is 3.85. The topological polar surface area (TPSA) is 81.3 Å². The van der Waals surface area contributed by atoms with Crippen LogP contribution in [-0.2, 0) is 4.79 Å². The van der Waals surface area contributed by atoms with E-state index < -0.39 is 0 Å². The van der Waals surface area contributed by atoms with Crippen molar-refractivity contribution in [1.29, 1.82) is 0 Å². The molecule has 2 aromatic heterocycles. The molecule has 0 bridgehead atoms. The average molecular weight is 410 g/mol. The van der Waals surface area contributed by atoms with Gasteiger partial charge in [-0.2, -0.15) is 0 Å². The molecule has 7 nitrogen and oxygen atoms in total. The van der Waals surface area contributed by atoms with Gasteiger partial charge in [-0.15, -0.1) is 11.3 Å². The van der Waals surface area contributed by atoms with Crippen LogP contribution < -0.4 is 10.2 Å². The Morgan fingerprint density at radius 3 is 2.76 bits per heavy atom. The highest BCUT2D eigenvalue weighted by Gasteiger charge is 2.30. The van der Waals surface area contributed by atoms with Gasteiger partial charge in [0, 0.05) is 32.1 Å². The zero-order chi connectivity index (χ0) is 19.8. The molecule has 8 heteroatoms. The van der Waals surface area contributed by atoms with Gasteiger partial charge >= 0.3 is 0 Å². The molecule has 0 radical (unpaired) electrons. The maximum atomic E-state index is 13.0. The van der Waals surface area contributed by atoms with Crippen LogP contribution in [0.25, 0.3) is 11.0 Å². The van der Waals surface area contributed by atoms with Gasteiger partial charge in [-0.25, -0.2) is 4.98 Å². The van der Waals surface area contributed by atoms with E-state index in [-0.39, 0.29) is 17.7 Å².